The minimum Gasteiger partial charge on any atom is -0.457 e. The molecule has 1 fully saturated rings. The van der Waals surface area contributed by atoms with Gasteiger partial charge in [-0.2, -0.15) is 4.31 Å². The topological polar surface area (TPSA) is 134 Å². The van der Waals surface area contributed by atoms with Gasteiger partial charge in [0.15, 0.2) is 0 Å². The fourth-order valence-electron chi connectivity index (χ4n) is 3.21. The Hall–Kier alpha value is -3.25. The van der Waals surface area contributed by atoms with E-state index in [-0.39, 0.29) is 24.7 Å². The maximum Gasteiger partial charge on any atom is 0.264 e. The van der Waals surface area contributed by atoms with Gasteiger partial charge in [-0.1, -0.05) is 0 Å². The van der Waals surface area contributed by atoms with Crippen LogP contribution in [0.2, 0.25) is 0 Å². The molecule has 3 N–H and O–H groups in total. The van der Waals surface area contributed by atoms with Gasteiger partial charge in [-0.15, -0.1) is 0 Å². The molecule has 2 heterocycles. The predicted molar refractivity (Wildman–Crippen MR) is 109 cm³/mol. The number of hydrogen-bond donors (Lipinski definition) is 3. The normalized spacial score (nSPS) is 17.3. The van der Waals surface area contributed by atoms with Crippen molar-refractivity contribution in [1.29, 1.82) is 0 Å². The highest BCUT2D eigenvalue weighted by Gasteiger charge is 2.38. The summed E-state index contributed by atoms with van der Waals surface area (Å²) in [7, 11) is -3.97. The Morgan fingerprint density at radius 3 is 2.45 bits per heavy atom. The number of nitrogens with one attached hydrogen (secondary N) is 2. The molecule has 0 saturated carbocycles. The molecule has 31 heavy (non-hydrogen) atoms. The van der Waals surface area contributed by atoms with Crippen LogP contribution < -0.4 is 10.2 Å². The highest BCUT2D eigenvalue weighted by Crippen LogP contribution is 2.27. The van der Waals surface area contributed by atoms with E-state index in [1.54, 1.807) is 24.5 Å². The van der Waals surface area contributed by atoms with Crippen molar-refractivity contribution in [3.05, 3.63) is 60.9 Å². The lowest BCUT2D eigenvalue weighted by atomic mass is 10.2. The first-order chi connectivity index (χ1) is 15.0. The summed E-state index contributed by atoms with van der Waals surface area (Å²) in [6.07, 6.45) is 3.41. The first kappa shape index (κ1) is 21.0. The van der Waals surface area contributed by atoms with E-state index in [0.717, 1.165) is 15.7 Å². The molecule has 4 rings (SSSR count). The van der Waals surface area contributed by atoms with Crippen LogP contribution in [-0.2, 0) is 19.6 Å². The van der Waals surface area contributed by atoms with E-state index in [4.69, 9.17) is 14.7 Å². The molecule has 0 radical (unpaired) electrons. The third-order valence-corrected chi connectivity index (χ3v) is 6.71. The number of H-pyrrole nitrogens is 1. The van der Waals surface area contributed by atoms with Gasteiger partial charge in [-0.3, -0.25) is 10.0 Å². The minimum atomic E-state index is -3.97. The molecule has 10 nitrogen and oxygen atoms in total. The lowest BCUT2D eigenvalue weighted by Crippen LogP contribution is -2.55. The summed E-state index contributed by atoms with van der Waals surface area (Å²) in [6.45, 7) is 0.0190. The fraction of sp³-hybridized carbons (Fsp3) is 0.200. The fourth-order valence-corrected chi connectivity index (χ4v) is 4.77. The average Bonchev–Trinajstić information content (AvgIpc) is 3.34. The van der Waals surface area contributed by atoms with Crippen LogP contribution in [0, 0.1) is 0 Å². The molecular weight excluding hydrogens is 424 g/mol. The van der Waals surface area contributed by atoms with Crippen LogP contribution in [0.15, 0.2) is 65.8 Å². The number of sulfonamides is 1. The van der Waals surface area contributed by atoms with Crippen LogP contribution in [0.1, 0.15) is 0 Å². The molecule has 1 amide bonds. The molecule has 0 spiro atoms. The average molecular weight is 444 g/mol. The Labute approximate surface area is 178 Å². The molecule has 0 unspecified atom stereocenters. The van der Waals surface area contributed by atoms with E-state index < -0.39 is 22.0 Å². The number of morpholine rings is 1. The number of imidazole rings is 1. The molecule has 1 aliphatic heterocycles. The maximum atomic E-state index is 13.0. The first-order valence-corrected chi connectivity index (χ1v) is 10.8. The summed E-state index contributed by atoms with van der Waals surface area (Å²) in [6, 6.07) is 12.0. The third-order valence-electron chi connectivity index (χ3n) is 4.78. The van der Waals surface area contributed by atoms with Crippen LogP contribution in [0.4, 0.5) is 0 Å². The van der Waals surface area contributed by atoms with Crippen LogP contribution in [-0.4, -0.2) is 59.6 Å². The van der Waals surface area contributed by atoms with Crippen molar-refractivity contribution >= 4 is 15.9 Å². The highest BCUT2D eigenvalue weighted by atomic mass is 32.2. The summed E-state index contributed by atoms with van der Waals surface area (Å²) in [4.78, 5) is 19.1. The van der Waals surface area contributed by atoms with Gasteiger partial charge >= 0.3 is 0 Å². The van der Waals surface area contributed by atoms with Gasteiger partial charge < -0.3 is 14.5 Å². The van der Waals surface area contributed by atoms with E-state index in [9.17, 15) is 13.2 Å². The SMILES string of the molecule is O=C(NO)[C@H]1COCCN1S(=O)(=O)c1ccc(Oc2ccc(-c3ncc[nH]3)cc2)cc1. The van der Waals surface area contributed by atoms with Crippen LogP contribution in [0.3, 0.4) is 0 Å². The summed E-state index contributed by atoms with van der Waals surface area (Å²) in [5.74, 6) is 0.939. The van der Waals surface area contributed by atoms with Gasteiger partial charge in [0.25, 0.3) is 5.91 Å². The molecular formula is C20H20N4O6S. The Kier molecular flexibility index (Phi) is 6.00. The number of carbonyl (C=O) groups excluding carboxylic acids is 1. The summed E-state index contributed by atoms with van der Waals surface area (Å²) in [5, 5.41) is 8.89. The standard InChI is InChI=1S/C20H20N4O6S/c25-20(23-26)18-13-29-12-11-24(18)31(27,28)17-7-5-16(6-8-17)30-15-3-1-14(2-4-15)19-21-9-10-22-19/h1-10,18,26H,11-13H2,(H,21,22)(H,23,25)/t18-/m1/s1. The number of hydrogen-bond acceptors (Lipinski definition) is 7. The van der Waals surface area contributed by atoms with Gasteiger partial charge in [0.05, 0.1) is 18.1 Å². The summed E-state index contributed by atoms with van der Waals surface area (Å²) in [5.41, 5.74) is 2.39. The van der Waals surface area contributed by atoms with Crippen molar-refractivity contribution < 1.29 is 27.9 Å². The van der Waals surface area contributed by atoms with Crippen molar-refractivity contribution in [2.45, 2.75) is 10.9 Å². The number of ether oxygens (including phenoxy) is 2. The van der Waals surface area contributed by atoms with Crippen LogP contribution in [0.5, 0.6) is 11.5 Å². The molecule has 1 saturated heterocycles. The van der Waals surface area contributed by atoms with Gasteiger partial charge in [-0.25, -0.2) is 18.9 Å². The minimum absolute atomic E-state index is 0.000683. The second kappa shape index (κ2) is 8.86. The van der Waals surface area contributed by atoms with Crippen molar-refractivity contribution in [1.82, 2.24) is 19.8 Å². The molecule has 11 heteroatoms. The lowest BCUT2D eigenvalue weighted by molar-refractivity contribution is -0.137. The number of amides is 1. The Morgan fingerprint density at radius 2 is 1.84 bits per heavy atom. The van der Waals surface area contributed by atoms with Crippen molar-refractivity contribution in [3.8, 4) is 22.9 Å². The number of rotatable bonds is 6. The quantitative estimate of drug-likeness (QED) is 0.390. The van der Waals surface area contributed by atoms with E-state index in [2.05, 4.69) is 9.97 Å². The van der Waals surface area contributed by atoms with E-state index in [0.29, 0.717) is 11.5 Å². The maximum absolute atomic E-state index is 13.0. The first-order valence-electron chi connectivity index (χ1n) is 9.40. The zero-order valence-electron chi connectivity index (χ0n) is 16.3. The number of hydroxylamine groups is 1. The Morgan fingerprint density at radius 1 is 1.16 bits per heavy atom. The van der Waals surface area contributed by atoms with E-state index in [1.807, 2.05) is 12.1 Å². The molecule has 3 aromatic rings. The monoisotopic (exact) mass is 444 g/mol. The van der Waals surface area contributed by atoms with Crippen LogP contribution >= 0.6 is 0 Å². The van der Waals surface area contributed by atoms with Gasteiger partial charge in [0, 0.05) is 24.5 Å². The van der Waals surface area contributed by atoms with Crippen LogP contribution in [0.25, 0.3) is 11.4 Å². The number of nitrogens with zero attached hydrogens (tertiary/aromatic N) is 2. The smallest absolute Gasteiger partial charge is 0.264 e. The second-order valence-electron chi connectivity index (χ2n) is 6.72. The number of benzene rings is 2. The number of aromatic nitrogens is 2. The summed E-state index contributed by atoms with van der Waals surface area (Å²) >= 11 is 0. The number of aromatic amines is 1. The van der Waals surface area contributed by atoms with Crippen molar-refractivity contribution in [3.63, 3.8) is 0 Å². The molecule has 1 aliphatic rings. The summed E-state index contributed by atoms with van der Waals surface area (Å²) < 4.78 is 38.0. The molecule has 162 valence electrons. The van der Waals surface area contributed by atoms with E-state index >= 15 is 0 Å². The Balaban J connectivity index is 1.49. The number of carbonyl (C=O) groups is 1. The van der Waals surface area contributed by atoms with E-state index in [1.165, 1.54) is 29.7 Å². The lowest BCUT2D eigenvalue weighted by Gasteiger charge is -2.32. The molecule has 1 aromatic heterocycles. The predicted octanol–water partition coefficient (Wildman–Crippen LogP) is 1.76. The second-order valence-corrected chi connectivity index (χ2v) is 8.61. The molecule has 2 aromatic carbocycles. The van der Waals surface area contributed by atoms with Gasteiger partial charge in [0.1, 0.15) is 23.4 Å². The van der Waals surface area contributed by atoms with Crippen molar-refractivity contribution in [2.24, 2.45) is 0 Å². The zero-order chi connectivity index (χ0) is 21.8. The molecule has 0 aliphatic carbocycles. The largest absolute Gasteiger partial charge is 0.457 e. The Bertz CT molecular complexity index is 1130. The highest BCUT2D eigenvalue weighted by molar-refractivity contribution is 7.89. The van der Waals surface area contributed by atoms with Gasteiger partial charge in [-0.05, 0) is 48.5 Å². The zero-order valence-corrected chi connectivity index (χ0v) is 17.1. The van der Waals surface area contributed by atoms with Crippen molar-refractivity contribution in [2.75, 3.05) is 19.8 Å². The molecule has 0 bridgehead atoms. The van der Waals surface area contributed by atoms with Gasteiger partial charge in [0.2, 0.25) is 10.0 Å². The third kappa shape index (κ3) is 4.44. The molecule has 1 atom stereocenters.